The number of carboxylic acids is 1. The summed E-state index contributed by atoms with van der Waals surface area (Å²) in [4.78, 5) is 19.1. The van der Waals surface area contributed by atoms with Crippen LogP contribution in [0.15, 0.2) is 54.0 Å². The molecule has 0 aliphatic carbocycles. The SMILES string of the molecule is C=C(/N=C(\ON)c1cc(C(F)(F)F)cc(C(F)(F)F)c1)c1cccc(C(=O)O)c1. The molecule has 0 fully saturated rings. The Balaban J connectivity index is 2.56. The van der Waals surface area contributed by atoms with Crippen molar-refractivity contribution in [1.29, 1.82) is 0 Å². The third kappa shape index (κ3) is 5.35. The lowest BCUT2D eigenvalue weighted by atomic mass is 10.0. The molecule has 0 bridgehead atoms. The Morgan fingerprint density at radius 2 is 1.45 bits per heavy atom. The van der Waals surface area contributed by atoms with E-state index in [-0.39, 0.29) is 22.9 Å². The molecule has 0 amide bonds. The maximum atomic E-state index is 13.0. The number of carboxylic acid groups (broad SMARTS) is 1. The standard InChI is InChI=1S/C18H12F6N2O3/c1-9(10-3-2-4-11(5-10)16(27)28)26-15(29-25)12-6-13(17(19,20)21)8-14(7-12)18(22,23)24/h2-8H,1,25H2,(H,27,28)/b26-15-. The highest BCUT2D eigenvalue weighted by molar-refractivity contribution is 5.98. The second-order valence-corrected chi connectivity index (χ2v) is 5.66. The minimum absolute atomic E-state index is 0.0528. The fourth-order valence-electron chi connectivity index (χ4n) is 2.26. The number of nitrogens with two attached hydrogens (primary N) is 1. The Kier molecular flexibility index (Phi) is 6.02. The van der Waals surface area contributed by atoms with E-state index >= 15 is 0 Å². The molecule has 29 heavy (non-hydrogen) atoms. The first kappa shape index (κ1) is 22.0. The summed E-state index contributed by atoms with van der Waals surface area (Å²) in [6, 6.07) is 5.90. The smallest absolute Gasteiger partial charge is 0.416 e. The van der Waals surface area contributed by atoms with Gasteiger partial charge in [0.25, 0.3) is 0 Å². The lowest BCUT2D eigenvalue weighted by Crippen LogP contribution is -2.17. The largest absolute Gasteiger partial charge is 0.478 e. The summed E-state index contributed by atoms with van der Waals surface area (Å²) < 4.78 is 78.0. The molecule has 0 saturated heterocycles. The third-order valence-electron chi connectivity index (χ3n) is 3.63. The van der Waals surface area contributed by atoms with Crippen LogP contribution in [0.5, 0.6) is 0 Å². The van der Waals surface area contributed by atoms with Gasteiger partial charge in [0.05, 0.1) is 22.4 Å². The van der Waals surface area contributed by atoms with E-state index in [2.05, 4.69) is 16.4 Å². The van der Waals surface area contributed by atoms with Crippen LogP contribution >= 0.6 is 0 Å². The summed E-state index contributed by atoms with van der Waals surface area (Å²) in [7, 11) is 0. The minimum Gasteiger partial charge on any atom is -0.478 e. The quantitative estimate of drug-likeness (QED) is 0.325. The zero-order valence-electron chi connectivity index (χ0n) is 14.3. The van der Waals surface area contributed by atoms with Crippen molar-refractivity contribution in [2.75, 3.05) is 0 Å². The normalized spacial score (nSPS) is 12.6. The van der Waals surface area contributed by atoms with Crippen molar-refractivity contribution in [2.24, 2.45) is 10.9 Å². The topological polar surface area (TPSA) is 84.9 Å². The molecule has 0 unspecified atom stereocenters. The molecule has 2 aromatic carbocycles. The molecule has 0 aliphatic rings. The highest BCUT2D eigenvalue weighted by Crippen LogP contribution is 2.36. The summed E-state index contributed by atoms with van der Waals surface area (Å²) in [5.41, 5.74) is -4.03. The molecule has 5 nitrogen and oxygen atoms in total. The average Bonchev–Trinajstić information content (AvgIpc) is 2.64. The summed E-state index contributed by atoms with van der Waals surface area (Å²) in [5, 5.41) is 8.99. The van der Waals surface area contributed by atoms with Gasteiger partial charge in [-0.2, -0.15) is 32.2 Å². The summed E-state index contributed by atoms with van der Waals surface area (Å²) in [6.07, 6.45) is -10.1. The number of aliphatic imine (C=N–C) groups is 1. The van der Waals surface area contributed by atoms with Crippen molar-refractivity contribution in [3.05, 3.63) is 76.9 Å². The maximum Gasteiger partial charge on any atom is 0.416 e. The van der Waals surface area contributed by atoms with Crippen LogP contribution in [0.25, 0.3) is 5.70 Å². The van der Waals surface area contributed by atoms with Gasteiger partial charge in [0.15, 0.2) is 0 Å². The molecule has 0 atom stereocenters. The number of alkyl halides is 6. The number of hydrogen-bond acceptors (Lipinski definition) is 4. The van der Waals surface area contributed by atoms with Crippen LogP contribution in [0.1, 0.15) is 32.6 Å². The van der Waals surface area contributed by atoms with Crippen molar-refractivity contribution in [1.82, 2.24) is 0 Å². The van der Waals surface area contributed by atoms with Gasteiger partial charge in [-0.3, -0.25) is 0 Å². The van der Waals surface area contributed by atoms with Crippen LogP contribution in [0, 0.1) is 0 Å². The van der Waals surface area contributed by atoms with Crippen LogP contribution in [-0.2, 0) is 17.2 Å². The van der Waals surface area contributed by atoms with E-state index in [9.17, 15) is 31.1 Å². The zero-order valence-corrected chi connectivity index (χ0v) is 14.3. The lowest BCUT2D eigenvalue weighted by Gasteiger charge is -2.14. The number of benzene rings is 2. The number of carbonyl (C=O) groups is 1. The molecule has 0 saturated carbocycles. The highest BCUT2D eigenvalue weighted by atomic mass is 19.4. The third-order valence-corrected chi connectivity index (χ3v) is 3.63. The van der Waals surface area contributed by atoms with E-state index in [0.717, 1.165) is 6.07 Å². The molecule has 0 radical (unpaired) electrons. The fraction of sp³-hybridized carbons (Fsp3) is 0.111. The Hall–Kier alpha value is -3.34. The van der Waals surface area contributed by atoms with Crippen LogP contribution in [0.2, 0.25) is 0 Å². The molecular formula is C18H12F6N2O3. The number of halogens is 6. The molecule has 2 rings (SSSR count). The van der Waals surface area contributed by atoms with Crippen molar-refractivity contribution in [3.8, 4) is 0 Å². The second-order valence-electron chi connectivity index (χ2n) is 5.66. The van der Waals surface area contributed by atoms with Crippen LogP contribution in [0.4, 0.5) is 26.3 Å². The second kappa shape index (κ2) is 7.95. The van der Waals surface area contributed by atoms with Crippen LogP contribution in [-0.4, -0.2) is 17.0 Å². The van der Waals surface area contributed by atoms with E-state index in [4.69, 9.17) is 11.0 Å². The number of rotatable bonds is 4. The Morgan fingerprint density at radius 3 is 1.90 bits per heavy atom. The minimum atomic E-state index is -5.07. The zero-order chi connectivity index (χ0) is 22.0. The lowest BCUT2D eigenvalue weighted by molar-refractivity contribution is -0.143. The molecule has 0 aromatic heterocycles. The van der Waals surface area contributed by atoms with E-state index in [1.54, 1.807) is 0 Å². The van der Waals surface area contributed by atoms with E-state index < -0.39 is 40.9 Å². The predicted octanol–water partition coefficient (Wildman–Crippen LogP) is 4.73. The van der Waals surface area contributed by atoms with Gasteiger partial charge >= 0.3 is 18.3 Å². The Labute approximate surface area is 159 Å². The number of aromatic carboxylic acids is 1. The van der Waals surface area contributed by atoms with Crippen LogP contribution < -0.4 is 5.90 Å². The molecule has 0 heterocycles. The maximum absolute atomic E-state index is 13.0. The van der Waals surface area contributed by atoms with Gasteiger partial charge in [0.2, 0.25) is 5.90 Å². The van der Waals surface area contributed by atoms with Gasteiger partial charge in [0.1, 0.15) is 0 Å². The molecule has 2 aromatic rings. The van der Waals surface area contributed by atoms with Gasteiger partial charge in [-0.05, 0) is 30.3 Å². The van der Waals surface area contributed by atoms with Gasteiger partial charge in [-0.1, -0.05) is 18.7 Å². The van der Waals surface area contributed by atoms with Gasteiger partial charge in [-0.15, -0.1) is 0 Å². The number of nitrogens with zero attached hydrogens (tertiary/aromatic N) is 1. The van der Waals surface area contributed by atoms with E-state index in [1.165, 1.54) is 18.2 Å². The predicted molar refractivity (Wildman–Crippen MR) is 90.7 cm³/mol. The van der Waals surface area contributed by atoms with Crippen molar-refractivity contribution in [3.63, 3.8) is 0 Å². The monoisotopic (exact) mass is 418 g/mol. The average molecular weight is 418 g/mol. The molecule has 11 heteroatoms. The van der Waals surface area contributed by atoms with Gasteiger partial charge < -0.3 is 9.94 Å². The van der Waals surface area contributed by atoms with Crippen molar-refractivity contribution in [2.45, 2.75) is 12.4 Å². The van der Waals surface area contributed by atoms with Crippen LogP contribution in [0.3, 0.4) is 0 Å². The Morgan fingerprint density at radius 1 is 0.931 bits per heavy atom. The first-order valence-corrected chi connectivity index (χ1v) is 7.61. The van der Waals surface area contributed by atoms with E-state index in [1.807, 2.05) is 0 Å². The van der Waals surface area contributed by atoms with Crippen molar-refractivity contribution < 1.29 is 41.1 Å². The van der Waals surface area contributed by atoms with Gasteiger partial charge in [-0.25, -0.2) is 9.79 Å². The first-order valence-electron chi connectivity index (χ1n) is 7.61. The van der Waals surface area contributed by atoms with Gasteiger partial charge in [0, 0.05) is 11.1 Å². The molecule has 154 valence electrons. The molecule has 0 aliphatic heterocycles. The summed E-state index contributed by atoms with van der Waals surface area (Å²) in [6.45, 7) is 3.52. The van der Waals surface area contributed by atoms with Crippen molar-refractivity contribution >= 4 is 17.6 Å². The molecule has 0 spiro atoms. The molecule has 3 N–H and O–H groups in total. The fourth-order valence-corrected chi connectivity index (χ4v) is 2.26. The summed E-state index contributed by atoms with van der Waals surface area (Å²) in [5.74, 6) is 2.97. The molecular weight excluding hydrogens is 406 g/mol. The van der Waals surface area contributed by atoms with E-state index in [0.29, 0.717) is 12.1 Å². The summed E-state index contributed by atoms with van der Waals surface area (Å²) >= 11 is 0. The number of hydrogen-bond donors (Lipinski definition) is 2. The Bertz CT molecular complexity index is 948. The highest BCUT2D eigenvalue weighted by Gasteiger charge is 2.37. The first-order chi connectivity index (χ1) is 13.3.